The first-order valence-electron chi connectivity index (χ1n) is 5.79. The van der Waals surface area contributed by atoms with Gasteiger partial charge in [0.1, 0.15) is 12.3 Å². The second kappa shape index (κ2) is 9.12. The van der Waals surface area contributed by atoms with Crippen LogP contribution in [0.4, 0.5) is 0 Å². The molecule has 0 aliphatic rings. The maximum atomic E-state index is 9.04. The minimum absolute atomic E-state index is 0.946. The van der Waals surface area contributed by atoms with E-state index in [2.05, 4.69) is 24.3 Å². The van der Waals surface area contributed by atoms with Gasteiger partial charge >= 0.3 is 5.97 Å². The van der Waals surface area contributed by atoms with Crippen molar-refractivity contribution < 1.29 is 29.5 Å². The van der Waals surface area contributed by atoms with Gasteiger partial charge in [0, 0.05) is 6.54 Å². The van der Waals surface area contributed by atoms with Crippen LogP contribution in [0.2, 0.25) is 0 Å². The fraction of sp³-hybridized carbons (Fsp3) is 0.500. The number of carbonyl (C=O) groups is 2. The van der Waals surface area contributed by atoms with Crippen molar-refractivity contribution in [1.82, 2.24) is 4.90 Å². The molecule has 0 fully saturated rings. The molecule has 19 heavy (non-hydrogen) atoms. The minimum atomic E-state index is -2.07. The van der Waals surface area contributed by atoms with E-state index in [0.717, 1.165) is 31.2 Å². The average molecular weight is 272 g/mol. The Hall–Kier alpha value is -1.86. The maximum absolute atomic E-state index is 9.04. The highest BCUT2D eigenvalue weighted by Gasteiger charge is 2.00. The molecule has 7 nitrogen and oxygen atoms in total. The van der Waals surface area contributed by atoms with E-state index >= 15 is 0 Å². The SMILES string of the molecule is Cc1ccc(C[NH2+]CCN(C)C)o1.O=C([O-])C(=O)O. The lowest BCUT2D eigenvalue weighted by Gasteiger charge is -2.06. The molecule has 0 saturated carbocycles. The molecule has 0 aliphatic carbocycles. The van der Waals surface area contributed by atoms with Gasteiger partial charge in [-0.25, -0.2) is 4.79 Å². The number of carboxylic acids is 2. The van der Waals surface area contributed by atoms with Crippen molar-refractivity contribution in [3.8, 4) is 0 Å². The van der Waals surface area contributed by atoms with Crippen molar-refractivity contribution >= 4 is 11.9 Å². The van der Waals surface area contributed by atoms with Crippen LogP contribution in [0.15, 0.2) is 16.5 Å². The number of carbonyl (C=O) groups excluding carboxylic acids is 1. The molecule has 0 spiro atoms. The van der Waals surface area contributed by atoms with Gasteiger partial charge in [0.2, 0.25) is 0 Å². The monoisotopic (exact) mass is 272 g/mol. The van der Waals surface area contributed by atoms with E-state index in [9.17, 15) is 0 Å². The lowest BCUT2D eigenvalue weighted by Crippen LogP contribution is -2.83. The molecule has 3 N–H and O–H groups in total. The first kappa shape index (κ1) is 17.1. The summed E-state index contributed by atoms with van der Waals surface area (Å²) in [6, 6.07) is 4.05. The Labute approximate surface area is 111 Å². The lowest BCUT2D eigenvalue weighted by molar-refractivity contribution is -0.671. The lowest BCUT2D eigenvalue weighted by atomic mass is 10.4. The number of aryl methyl sites for hydroxylation is 1. The molecular formula is C12H20N2O5. The minimum Gasteiger partial charge on any atom is -0.539 e. The van der Waals surface area contributed by atoms with Crippen molar-refractivity contribution in [3.05, 3.63) is 23.7 Å². The van der Waals surface area contributed by atoms with Gasteiger partial charge in [-0.15, -0.1) is 0 Å². The first-order chi connectivity index (χ1) is 8.82. The Morgan fingerprint density at radius 2 is 2.00 bits per heavy atom. The molecule has 1 aromatic rings. The van der Waals surface area contributed by atoms with E-state index in [1.807, 2.05) is 19.1 Å². The highest BCUT2D eigenvalue weighted by molar-refractivity contribution is 6.26. The molecule has 0 radical (unpaired) electrons. The standard InChI is InChI=1S/C10H18N2O.C2H2O4/c1-9-4-5-10(13-9)8-11-6-7-12(2)3;3-1(4)2(5)6/h4-5,11H,6-8H2,1-3H3;(H,3,4)(H,5,6). The smallest absolute Gasteiger partial charge is 0.351 e. The van der Waals surface area contributed by atoms with Gasteiger partial charge < -0.3 is 29.6 Å². The zero-order chi connectivity index (χ0) is 14.8. The van der Waals surface area contributed by atoms with Gasteiger partial charge in [0.25, 0.3) is 0 Å². The van der Waals surface area contributed by atoms with E-state index in [4.69, 9.17) is 24.2 Å². The summed E-state index contributed by atoms with van der Waals surface area (Å²) >= 11 is 0. The maximum Gasteiger partial charge on any atom is 0.351 e. The van der Waals surface area contributed by atoms with E-state index in [-0.39, 0.29) is 0 Å². The second-order valence-electron chi connectivity index (χ2n) is 4.19. The Morgan fingerprint density at radius 3 is 2.37 bits per heavy atom. The number of hydrogen-bond acceptors (Lipinski definition) is 5. The number of furan rings is 1. The largest absolute Gasteiger partial charge is 0.539 e. The van der Waals surface area contributed by atoms with Crippen LogP contribution in [-0.4, -0.2) is 49.1 Å². The highest BCUT2D eigenvalue weighted by atomic mass is 16.4. The van der Waals surface area contributed by atoms with Gasteiger partial charge in [0.05, 0.1) is 6.54 Å². The Kier molecular flexibility index (Phi) is 8.23. The third-order valence-electron chi connectivity index (χ3n) is 2.10. The van der Waals surface area contributed by atoms with Gasteiger partial charge in [-0.3, -0.25) is 0 Å². The van der Waals surface area contributed by atoms with Gasteiger partial charge in [-0.1, -0.05) is 0 Å². The third-order valence-corrected chi connectivity index (χ3v) is 2.10. The Bertz CT molecular complexity index is 389. The van der Waals surface area contributed by atoms with Crippen LogP contribution in [0.5, 0.6) is 0 Å². The summed E-state index contributed by atoms with van der Waals surface area (Å²) in [5, 5.41) is 18.6. The van der Waals surface area contributed by atoms with E-state index < -0.39 is 11.9 Å². The van der Waals surface area contributed by atoms with E-state index in [1.54, 1.807) is 0 Å². The summed E-state index contributed by atoms with van der Waals surface area (Å²) in [5.74, 6) is -1.95. The van der Waals surface area contributed by atoms with Crippen LogP contribution in [-0.2, 0) is 16.1 Å². The Balaban J connectivity index is 0.000000459. The fourth-order valence-corrected chi connectivity index (χ4v) is 1.19. The molecule has 1 aromatic heterocycles. The van der Waals surface area contributed by atoms with E-state index in [1.165, 1.54) is 0 Å². The molecule has 0 bridgehead atoms. The summed E-state index contributed by atoms with van der Waals surface area (Å²) in [5.41, 5.74) is 0. The van der Waals surface area contributed by atoms with Crippen molar-refractivity contribution in [1.29, 1.82) is 0 Å². The summed E-state index contributed by atoms with van der Waals surface area (Å²) in [7, 11) is 4.18. The molecule has 0 saturated heterocycles. The highest BCUT2D eigenvalue weighted by Crippen LogP contribution is 2.03. The molecule has 0 aromatic carbocycles. The van der Waals surface area contributed by atoms with Gasteiger partial charge in [-0.05, 0) is 33.2 Å². The predicted molar refractivity (Wildman–Crippen MR) is 65.1 cm³/mol. The second-order valence-corrected chi connectivity index (χ2v) is 4.19. The van der Waals surface area contributed by atoms with Crippen LogP contribution in [0.1, 0.15) is 11.5 Å². The molecule has 108 valence electrons. The molecule has 7 heteroatoms. The number of rotatable bonds is 5. The van der Waals surface area contributed by atoms with Crippen LogP contribution in [0.3, 0.4) is 0 Å². The third kappa shape index (κ3) is 9.81. The quantitative estimate of drug-likeness (QED) is 0.475. The zero-order valence-corrected chi connectivity index (χ0v) is 11.4. The predicted octanol–water partition coefficient (Wildman–Crippen LogP) is -1.97. The average Bonchev–Trinajstić information content (AvgIpc) is 2.71. The number of likely N-dealkylation sites (N-methyl/N-ethyl adjacent to an activating group) is 1. The van der Waals surface area contributed by atoms with E-state index in [0.29, 0.717) is 0 Å². The summed E-state index contributed by atoms with van der Waals surface area (Å²) < 4.78 is 5.45. The van der Waals surface area contributed by atoms with Crippen LogP contribution < -0.4 is 10.4 Å². The zero-order valence-electron chi connectivity index (χ0n) is 11.4. The number of carboxylic acid groups (broad SMARTS) is 2. The molecule has 1 heterocycles. The van der Waals surface area contributed by atoms with Crippen molar-refractivity contribution in [2.75, 3.05) is 27.2 Å². The van der Waals surface area contributed by atoms with Crippen molar-refractivity contribution in [2.45, 2.75) is 13.5 Å². The molecule has 1 rings (SSSR count). The summed E-state index contributed by atoms with van der Waals surface area (Å²) in [6.45, 7) is 5.15. The molecule has 0 atom stereocenters. The number of nitrogens with two attached hydrogens (primary N) is 1. The van der Waals surface area contributed by atoms with Crippen LogP contribution >= 0.6 is 0 Å². The number of quaternary nitrogens is 1. The number of nitrogens with zero attached hydrogens (tertiary/aromatic N) is 1. The van der Waals surface area contributed by atoms with Crippen LogP contribution in [0, 0.1) is 6.92 Å². The summed E-state index contributed by atoms with van der Waals surface area (Å²) in [4.78, 5) is 20.2. The summed E-state index contributed by atoms with van der Waals surface area (Å²) in [6.07, 6.45) is 0. The topological polar surface area (TPSA) is 110 Å². The number of hydrogen-bond donors (Lipinski definition) is 2. The molecular weight excluding hydrogens is 252 g/mol. The fourth-order valence-electron chi connectivity index (χ4n) is 1.19. The molecule has 0 aliphatic heterocycles. The molecule has 0 unspecified atom stereocenters. The van der Waals surface area contributed by atoms with Crippen molar-refractivity contribution in [3.63, 3.8) is 0 Å². The first-order valence-corrected chi connectivity index (χ1v) is 5.79. The Morgan fingerprint density at radius 1 is 1.42 bits per heavy atom. The normalized spacial score (nSPS) is 9.89. The van der Waals surface area contributed by atoms with Gasteiger partial charge in [-0.2, -0.15) is 0 Å². The number of aliphatic carboxylic acids is 2. The van der Waals surface area contributed by atoms with Crippen molar-refractivity contribution in [2.24, 2.45) is 0 Å². The van der Waals surface area contributed by atoms with Crippen LogP contribution in [0.25, 0.3) is 0 Å². The van der Waals surface area contributed by atoms with Gasteiger partial charge in [0.15, 0.2) is 11.7 Å². The molecule has 0 amide bonds.